The van der Waals surface area contributed by atoms with Crippen LogP contribution in [0.2, 0.25) is 0 Å². The van der Waals surface area contributed by atoms with Crippen molar-refractivity contribution >= 4 is 39.1 Å². The lowest BCUT2D eigenvalue weighted by Crippen LogP contribution is -2.38. The molecule has 37 heavy (non-hydrogen) atoms. The molecular weight excluding hydrogens is 540 g/mol. The van der Waals surface area contributed by atoms with Gasteiger partial charge in [-0.1, -0.05) is 28.1 Å². The van der Waals surface area contributed by atoms with Crippen molar-refractivity contribution in [2.75, 3.05) is 36.6 Å². The molecule has 3 aromatic carbocycles. The van der Waals surface area contributed by atoms with Gasteiger partial charge in [-0.2, -0.15) is 0 Å². The number of nitrogens with zero attached hydrogens (tertiary/aromatic N) is 1. The SMILES string of the molecule is CCOc1cc(C(=O)Nc2ccc3c(c2)N(Cc2ccc(Br)cc2)C(=O)CO3)cc(OCC)c1OCC. The van der Waals surface area contributed by atoms with E-state index in [1.807, 2.05) is 45.0 Å². The van der Waals surface area contributed by atoms with Gasteiger partial charge in [0.2, 0.25) is 5.75 Å². The molecule has 8 nitrogen and oxygen atoms in total. The number of rotatable bonds is 10. The highest BCUT2D eigenvalue weighted by Crippen LogP contribution is 2.40. The van der Waals surface area contributed by atoms with Gasteiger partial charge in [-0.05, 0) is 68.8 Å². The second-order valence-electron chi connectivity index (χ2n) is 8.13. The topological polar surface area (TPSA) is 86.3 Å². The van der Waals surface area contributed by atoms with Gasteiger partial charge in [0.1, 0.15) is 5.75 Å². The largest absolute Gasteiger partial charge is 0.490 e. The Morgan fingerprint density at radius 1 is 0.946 bits per heavy atom. The van der Waals surface area contributed by atoms with Crippen LogP contribution in [-0.4, -0.2) is 38.2 Å². The van der Waals surface area contributed by atoms with Crippen LogP contribution in [0.4, 0.5) is 11.4 Å². The van der Waals surface area contributed by atoms with Crippen LogP contribution in [0.3, 0.4) is 0 Å². The van der Waals surface area contributed by atoms with Crippen LogP contribution >= 0.6 is 15.9 Å². The minimum absolute atomic E-state index is 0.0399. The fourth-order valence-corrected chi connectivity index (χ4v) is 4.21. The summed E-state index contributed by atoms with van der Waals surface area (Å²) in [5.41, 5.74) is 2.44. The number of carbonyl (C=O) groups is 2. The van der Waals surface area contributed by atoms with E-state index in [4.69, 9.17) is 18.9 Å². The van der Waals surface area contributed by atoms with Crippen LogP contribution in [0.1, 0.15) is 36.7 Å². The van der Waals surface area contributed by atoms with Gasteiger partial charge in [-0.3, -0.25) is 9.59 Å². The van der Waals surface area contributed by atoms with Crippen molar-refractivity contribution in [3.63, 3.8) is 0 Å². The Kier molecular flexibility index (Phi) is 8.55. The first-order chi connectivity index (χ1) is 17.9. The van der Waals surface area contributed by atoms with Crippen LogP contribution in [0.15, 0.2) is 59.1 Å². The fourth-order valence-electron chi connectivity index (χ4n) is 3.95. The normalized spacial score (nSPS) is 12.4. The lowest BCUT2D eigenvalue weighted by Gasteiger charge is -2.30. The molecule has 0 aliphatic carbocycles. The zero-order valence-corrected chi connectivity index (χ0v) is 22.6. The van der Waals surface area contributed by atoms with E-state index < -0.39 is 0 Å². The van der Waals surface area contributed by atoms with Crippen LogP contribution in [0, 0.1) is 0 Å². The van der Waals surface area contributed by atoms with Crippen molar-refractivity contribution in [3.8, 4) is 23.0 Å². The Balaban J connectivity index is 1.61. The molecule has 0 bridgehead atoms. The van der Waals surface area contributed by atoms with E-state index in [1.165, 1.54) is 0 Å². The van der Waals surface area contributed by atoms with E-state index in [0.29, 0.717) is 66.3 Å². The maximum Gasteiger partial charge on any atom is 0.265 e. The molecular formula is C28H29BrN2O6. The quantitative estimate of drug-likeness (QED) is 0.331. The molecule has 0 atom stereocenters. The highest BCUT2D eigenvalue weighted by atomic mass is 79.9. The number of hydrogen-bond donors (Lipinski definition) is 1. The van der Waals surface area contributed by atoms with Gasteiger partial charge in [0, 0.05) is 15.7 Å². The lowest BCUT2D eigenvalue weighted by atomic mass is 10.1. The van der Waals surface area contributed by atoms with Gasteiger partial charge in [0.25, 0.3) is 11.8 Å². The minimum Gasteiger partial charge on any atom is -0.490 e. The number of benzene rings is 3. The molecule has 1 heterocycles. The highest BCUT2D eigenvalue weighted by Gasteiger charge is 2.26. The number of anilines is 2. The smallest absolute Gasteiger partial charge is 0.265 e. The molecule has 4 rings (SSSR count). The molecule has 2 amide bonds. The summed E-state index contributed by atoms with van der Waals surface area (Å²) < 4.78 is 23.8. The van der Waals surface area contributed by atoms with Crippen molar-refractivity contribution in [2.24, 2.45) is 0 Å². The summed E-state index contributed by atoms with van der Waals surface area (Å²) in [6.45, 7) is 7.18. The van der Waals surface area contributed by atoms with E-state index in [0.717, 1.165) is 10.0 Å². The Morgan fingerprint density at radius 3 is 2.22 bits per heavy atom. The summed E-state index contributed by atoms with van der Waals surface area (Å²) in [5, 5.41) is 2.91. The van der Waals surface area contributed by atoms with E-state index in [9.17, 15) is 9.59 Å². The second-order valence-corrected chi connectivity index (χ2v) is 9.05. The van der Waals surface area contributed by atoms with Crippen molar-refractivity contribution in [1.82, 2.24) is 0 Å². The predicted molar refractivity (Wildman–Crippen MR) is 145 cm³/mol. The van der Waals surface area contributed by atoms with Gasteiger partial charge in [-0.25, -0.2) is 0 Å². The minimum atomic E-state index is -0.354. The lowest BCUT2D eigenvalue weighted by molar-refractivity contribution is -0.121. The van der Waals surface area contributed by atoms with Gasteiger partial charge < -0.3 is 29.2 Å². The number of halogens is 1. The first-order valence-electron chi connectivity index (χ1n) is 12.1. The van der Waals surface area contributed by atoms with Crippen molar-refractivity contribution in [1.29, 1.82) is 0 Å². The first kappa shape index (κ1) is 26.3. The van der Waals surface area contributed by atoms with Gasteiger partial charge in [0.15, 0.2) is 18.1 Å². The Morgan fingerprint density at radius 2 is 1.59 bits per heavy atom. The van der Waals surface area contributed by atoms with Crippen LogP contribution in [0.25, 0.3) is 0 Å². The second kappa shape index (κ2) is 12.0. The summed E-state index contributed by atoms with van der Waals surface area (Å²) in [6, 6.07) is 16.3. The van der Waals surface area contributed by atoms with E-state index in [2.05, 4.69) is 21.2 Å². The van der Waals surface area contributed by atoms with Crippen LogP contribution < -0.4 is 29.2 Å². The number of amides is 2. The summed E-state index contributed by atoms with van der Waals surface area (Å²) >= 11 is 3.43. The standard InChI is InChI=1S/C28H29BrN2O6/c1-4-34-24-13-19(14-25(35-5-2)27(24)36-6-3)28(33)30-21-11-12-23-22(15-21)31(26(32)17-37-23)16-18-7-9-20(29)10-8-18/h7-15H,4-6,16-17H2,1-3H3,(H,30,33). The van der Waals surface area contributed by atoms with Gasteiger partial charge in [-0.15, -0.1) is 0 Å². The number of carbonyl (C=O) groups excluding carboxylic acids is 2. The van der Waals surface area contributed by atoms with Crippen molar-refractivity contribution < 1.29 is 28.5 Å². The first-order valence-corrected chi connectivity index (χ1v) is 12.9. The van der Waals surface area contributed by atoms with Crippen molar-refractivity contribution in [2.45, 2.75) is 27.3 Å². The number of nitrogens with one attached hydrogen (secondary N) is 1. The maximum atomic E-state index is 13.3. The fraction of sp³-hybridized carbons (Fsp3) is 0.286. The molecule has 0 spiro atoms. The number of hydrogen-bond acceptors (Lipinski definition) is 6. The molecule has 0 saturated heterocycles. The average Bonchev–Trinajstić information content (AvgIpc) is 2.89. The third-order valence-electron chi connectivity index (χ3n) is 5.59. The summed E-state index contributed by atoms with van der Waals surface area (Å²) in [6.07, 6.45) is 0. The molecule has 1 aliphatic heterocycles. The molecule has 0 radical (unpaired) electrons. The van der Waals surface area contributed by atoms with Gasteiger partial charge in [0.05, 0.1) is 32.1 Å². The zero-order valence-electron chi connectivity index (χ0n) is 21.0. The zero-order chi connectivity index (χ0) is 26.4. The molecule has 1 aliphatic rings. The summed E-state index contributed by atoms with van der Waals surface area (Å²) in [7, 11) is 0. The highest BCUT2D eigenvalue weighted by molar-refractivity contribution is 9.10. The van der Waals surface area contributed by atoms with Crippen molar-refractivity contribution in [3.05, 3.63) is 70.2 Å². The third-order valence-corrected chi connectivity index (χ3v) is 6.11. The monoisotopic (exact) mass is 568 g/mol. The van der Waals surface area contributed by atoms with E-state index in [1.54, 1.807) is 35.2 Å². The molecule has 9 heteroatoms. The van der Waals surface area contributed by atoms with Gasteiger partial charge >= 0.3 is 0 Å². The van der Waals surface area contributed by atoms with Crippen LogP contribution in [0.5, 0.6) is 23.0 Å². The Labute approximate surface area is 224 Å². The average molecular weight is 569 g/mol. The molecule has 0 fully saturated rings. The molecule has 0 aromatic heterocycles. The van der Waals surface area contributed by atoms with E-state index in [-0.39, 0.29) is 18.4 Å². The Bertz CT molecular complexity index is 1250. The number of fused-ring (bicyclic) bond motifs is 1. The molecule has 1 N–H and O–H groups in total. The summed E-state index contributed by atoms with van der Waals surface area (Å²) in [5.74, 6) is 1.40. The molecule has 194 valence electrons. The predicted octanol–water partition coefficient (Wildman–Crippen LogP) is 5.82. The molecule has 3 aromatic rings. The van der Waals surface area contributed by atoms with E-state index >= 15 is 0 Å². The summed E-state index contributed by atoms with van der Waals surface area (Å²) in [4.78, 5) is 27.6. The van der Waals surface area contributed by atoms with Crippen LogP contribution in [-0.2, 0) is 11.3 Å². The third kappa shape index (κ3) is 6.17. The Hall–Kier alpha value is -3.72. The number of ether oxygens (including phenoxy) is 4. The molecule has 0 saturated carbocycles. The maximum absolute atomic E-state index is 13.3. The molecule has 0 unspecified atom stereocenters.